The molecule has 2 fully saturated rings. The molecule has 1 amide bonds. The molecule has 0 aliphatic carbocycles. The Balaban J connectivity index is 1.58. The van der Waals surface area contributed by atoms with Gasteiger partial charge in [0.25, 0.3) is 5.91 Å². The molecule has 0 saturated carbocycles. The second kappa shape index (κ2) is 6.02. The molecule has 2 aliphatic heterocycles. The molecule has 2 heterocycles. The number of carbonyl (C=O) groups excluding carboxylic acids is 1. The van der Waals surface area contributed by atoms with Crippen LogP contribution in [0.5, 0.6) is 5.75 Å². The first kappa shape index (κ1) is 13.7. The summed E-state index contributed by atoms with van der Waals surface area (Å²) >= 11 is 5.90. The van der Waals surface area contributed by atoms with E-state index in [1.807, 2.05) is 17.0 Å². The first-order chi connectivity index (χ1) is 9.74. The van der Waals surface area contributed by atoms with Crippen molar-refractivity contribution in [3.8, 4) is 5.75 Å². The first-order valence-corrected chi connectivity index (χ1v) is 7.50. The molecule has 2 unspecified atom stereocenters. The van der Waals surface area contributed by atoms with Crippen LogP contribution < -0.4 is 10.1 Å². The Hall–Kier alpha value is -1.26. The van der Waals surface area contributed by atoms with Crippen LogP contribution in [0.4, 0.5) is 0 Å². The van der Waals surface area contributed by atoms with Gasteiger partial charge in [-0.2, -0.15) is 0 Å². The number of nitrogens with one attached hydrogen (secondary N) is 1. The number of rotatable bonds is 3. The molecule has 0 radical (unpaired) electrons. The summed E-state index contributed by atoms with van der Waals surface area (Å²) in [6.07, 6.45) is 2.31. The third-order valence-electron chi connectivity index (χ3n) is 4.16. The van der Waals surface area contributed by atoms with Crippen molar-refractivity contribution in [2.75, 3.05) is 26.2 Å². The van der Waals surface area contributed by atoms with Crippen molar-refractivity contribution in [2.45, 2.75) is 18.9 Å². The molecule has 2 saturated heterocycles. The Kier molecular flexibility index (Phi) is 4.13. The van der Waals surface area contributed by atoms with Crippen LogP contribution in [-0.2, 0) is 4.79 Å². The highest BCUT2D eigenvalue weighted by Gasteiger charge is 2.37. The number of fused-ring (bicyclic) bond motifs is 1. The zero-order valence-corrected chi connectivity index (χ0v) is 12.1. The van der Waals surface area contributed by atoms with Crippen LogP contribution in [0.1, 0.15) is 12.8 Å². The maximum atomic E-state index is 12.3. The summed E-state index contributed by atoms with van der Waals surface area (Å²) in [5, 5.41) is 4.00. The lowest BCUT2D eigenvalue weighted by molar-refractivity contribution is -0.137. The Bertz CT molecular complexity index is 495. The van der Waals surface area contributed by atoms with E-state index < -0.39 is 0 Å². The van der Waals surface area contributed by atoms with Crippen molar-refractivity contribution < 1.29 is 9.53 Å². The van der Waals surface area contributed by atoms with Crippen LogP contribution in [0.15, 0.2) is 24.3 Å². The molecule has 1 aromatic rings. The SMILES string of the molecule is O=C(COc1cccc(Cl)c1)N1CCCC2CNCC21. The Labute approximate surface area is 124 Å². The summed E-state index contributed by atoms with van der Waals surface area (Å²) in [5.41, 5.74) is 0. The predicted molar refractivity (Wildman–Crippen MR) is 78.0 cm³/mol. The summed E-state index contributed by atoms with van der Waals surface area (Å²) in [4.78, 5) is 14.3. The van der Waals surface area contributed by atoms with E-state index in [4.69, 9.17) is 16.3 Å². The summed E-state index contributed by atoms with van der Waals surface area (Å²) in [5.74, 6) is 1.33. The van der Waals surface area contributed by atoms with Crippen molar-refractivity contribution in [1.29, 1.82) is 0 Å². The average Bonchev–Trinajstić information content (AvgIpc) is 2.93. The van der Waals surface area contributed by atoms with Crippen LogP contribution in [0.25, 0.3) is 0 Å². The van der Waals surface area contributed by atoms with Crippen LogP contribution >= 0.6 is 11.6 Å². The number of hydrogen-bond donors (Lipinski definition) is 1. The van der Waals surface area contributed by atoms with Gasteiger partial charge in [-0.15, -0.1) is 0 Å². The average molecular weight is 295 g/mol. The maximum Gasteiger partial charge on any atom is 0.260 e. The van der Waals surface area contributed by atoms with E-state index in [0.717, 1.165) is 26.1 Å². The summed E-state index contributed by atoms with van der Waals surface area (Å²) in [6, 6.07) is 7.50. The van der Waals surface area contributed by atoms with E-state index in [9.17, 15) is 4.79 Å². The van der Waals surface area contributed by atoms with Gasteiger partial charge in [0, 0.05) is 30.7 Å². The number of likely N-dealkylation sites (tertiary alicyclic amines) is 1. The smallest absolute Gasteiger partial charge is 0.260 e. The fraction of sp³-hybridized carbons (Fsp3) is 0.533. The van der Waals surface area contributed by atoms with Crippen LogP contribution in [0, 0.1) is 5.92 Å². The van der Waals surface area contributed by atoms with Crippen molar-refractivity contribution in [3.05, 3.63) is 29.3 Å². The molecule has 0 aromatic heterocycles. The molecule has 5 heteroatoms. The van der Waals surface area contributed by atoms with E-state index in [2.05, 4.69) is 5.32 Å². The third-order valence-corrected chi connectivity index (χ3v) is 4.39. The van der Waals surface area contributed by atoms with Crippen molar-refractivity contribution in [1.82, 2.24) is 10.2 Å². The molecule has 1 aromatic carbocycles. The molecular formula is C15H19ClN2O2. The van der Waals surface area contributed by atoms with E-state index in [1.165, 1.54) is 6.42 Å². The highest BCUT2D eigenvalue weighted by atomic mass is 35.5. The molecule has 2 aliphatic rings. The van der Waals surface area contributed by atoms with Crippen molar-refractivity contribution in [2.24, 2.45) is 5.92 Å². The molecule has 20 heavy (non-hydrogen) atoms. The summed E-state index contributed by atoms with van der Waals surface area (Å²) in [6.45, 7) is 2.88. The predicted octanol–water partition coefficient (Wildman–Crippen LogP) is 1.93. The number of ether oxygens (including phenoxy) is 1. The number of piperidine rings is 1. The van der Waals surface area contributed by atoms with Gasteiger partial charge in [-0.3, -0.25) is 4.79 Å². The Morgan fingerprint density at radius 3 is 3.20 bits per heavy atom. The molecule has 0 spiro atoms. The minimum absolute atomic E-state index is 0.0726. The monoisotopic (exact) mass is 294 g/mol. The first-order valence-electron chi connectivity index (χ1n) is 7.12. The largest absolute Gasteiger partial charge is 0.484 e. The lowest BCUT2D eigenvalue weighted by Crippen LogP contribution is -2.49. The second-order valence-corrected chi connectivity index (χ2v) is 5.90. The fourth-order valence-corrected chi connectivity index (χ4v) is 3.34. The van der Waals surface area contributed by atoms with Gasteiger partial charge < -0.3 is 15.0 Å². The summed E-state index contributed by atoms with van der Waals surface area (Å²) in [7, 11) is 0. The maximum absolute atomic E-state index is 12.3. The van der Waals surface area contributed by atoms with E-state index in [-0.39, 0.29) is 12.5 Å². The Morgan fingerprint density at radius 2 is 2.35 bits per heavy atom. The second-order valence-electron chi connectivity index (χ2n) is 5.46. The standard InChI is InChI=1S/C15H19ClN2O2/c16-12-4-1-5-13(7-12)20-10-15(19)18-6-2-3-11-8-17-9-14(11)18/h1,4-5,7,11,14,17H,2-3,6,8-10H2. The quantitative estimate of drug-likeness (QED) is 0.926. The molecule has 4 nitrogen and oxygen atoms in total. The number of benzene rings is 1. The lowest BCUT2D eigenvalue weighted by Gasteiger charge is -2.37. The topological polar surface area (TPSA) is 41.6 Å². The molecule has 0 bridgehead atoms. The molecule has 2 atom stereocenters. The van der Waals surface area contributed by atoms with Gasteiger partial charge in [0.1, 0.15) is 5.75 Å². The number of hydrogen-bond acceptors (Lipinski definition) is 3. The van der Waals surface area contributed by atoms with Gasteiger partial charge in [-0.05, 0) is 37.0 Å². The number of carbonyl (C=O) groups is 1. The number of halogens is 1. The molecule has 1 N–H and O–H groups in total. The van der Waals surface area contributed by atoms with Crippen molar-refractivity contribution >= 4 is 17.5 Å². The van der Waals surface area contributed by atoms with E-state index >= 15 is 0 Å². The molecular weight excluding hydrogens is 276 g/mol. The van der Waals surface area contributed by atoms with Gasteiger partial charge in [0.15, 0.2) is 6.61 Å². The van der Waals surface area contributed by atoms with Crippen LogP contribution in [0.3, 0.4) is 0 Å². The highest BCUT2D eigenvalue weighted by Crippen LogP contribution is 2.26. The Morgan fingerprint density at radius 1 is 1.45 bits per heavy atom. The lowest BCUT2D eigenvalue weighted by atomic mass is 9.92. The molecule has 3 rings (SSSR count). The van der Waals surface area contributed by atoms with Crippen LogP contribution in [-0.4, -0.2) is 43.1 Å². The number of amides is 1. The van der Waals surface area contributed by atoms with Gasteiger partial charge in [0.2, 0.25) is 0 Å². The summed E-state index contributed by atoms with van der Waals surface area (Å²) < 4.78 is 5.55. The zero-order chi connectivity index (χ0) is 13.9. The van der Waals surface area contributed by atoms with E-state index in [1.54, 1.807) is 12.1 Å². The zero-order valence-electron chi connectivity index (χ0n) is 11.3. The van der Waals surface area contributed by atoms with Crippen molar-refractivity contribution in [3.63, 3.8) is 0 Å². The number of nitrogens with zero attached hydrogens (tertiary/aromatic N) is 1. The van der Waals surface area contributed by atoms with Gasteiger partial charge in [0.05, 0.1) is 0 Å². The minimum atomic E-state index is 0.0726. The van der Waals surface area contributed by atoms with Gasteiger partial charge >= 0.3 is 0 Å². The minimum Gasteiger partial charge on any atom is -0.484 e. The van der Waals surface area contributed by atoms with Gasteiger partial charge in [-0.25, -0.2) is 0 Å². The normalized spacial score (nSPS) is 25.4. The van der Waals surface area contributed by atoms with Crippen LogP contribution in [0.2, 0.25) is 5.02 Å². The third kappa shape index (κ3) is 2.91. The van der Waals surface area contributed by atoms with Gasteiger partial charge in [-0.1, -0.05) is 17.7 Å². The fourth-order valence-electron chi connectivity index (χ4n) is 3.16. The highest BCUT2D eigenvalue weighted by molar-refractivity contribution is 6.30. The molecule has 108 valence electrons. The van der Waals surface area contributed by atoms with E-state index in [0.29, 0.717) is 22.7 Å².